The first-order valence-electron chi connectivity index (χ1n) is 6.72. The molecule has 0 aliphatic heterocycles. The van der Waals surface area contributed by atoms with Gasteiger partial charge in [0.25, 0.3) is 0 Å². The van der Waals surface area contributed by atoms with Crippen LogP contribution in [0.3, 0.4) is 0 Å². The minimum absolute atomic E-state index is 0.308. The van der Waals surface area contributed by atoms with Gasteiger partial charge in [-0.15, -0.1) is 0 Å². The summed E-state index contributed by atoms with van der Waals surface area (Å²) in [5.74, 6) is 1.37. The Morgan fingerprint density at radius 3 is 2.93 bits per heavy atom. The van der Waals surface area contributed by atoms with Gasteiger partial charge in [-0.2, -0.15) is 0 Å². The summed E-state index contributed by atoms with van der Waals surface area (Å²) in [4.78, 5) is 0. The van der Waals surface area contributed by atoms with Crippen LogP contribution < -0.4 is 0 Å². The third-order valence-corrected chi connectivity index (χ3v) is 4.94. The lowest BCUT2D eigenvalue weighted by molar-refractivity contribution is -0.0633. The zero-order valence-electron chi connectivity index (χ0n) is 9.54. The van der Waals surface area contributed by atoms with Gasteiger partial charge in [-0.3, -0.25) is 0 Å². The van der Waals surface area contributed by atoms with Crippen LogP contribution in [0.1, 0.15) is 57.8 Å². The van der Waals surface area contributed by atoms with E-state index in [0.717, 1.165) is 18.8 Å². The molecule has 2 saturated carbocycles. The Morgan fingerprint density at radius 1 is 1.07 bits per heavy atom. The summed E-state index contributed by atoms with van der Waals surface area (Å²) in [6, 6.07) is 0. The fraction of sp³-hybridized carbons (Fsp3) is 0.857. The molecular weight excluding hydrogens is 184 g/mol. The van der Waals surface area contributed by atoms with Crippen LogP contribution in [-0.4, -0.2) is 10.7 Å². The van der Waals surface area contributed by atoms with Crippen molar-refractivity contribution in [3.8, 4) is 0 Å². The molecule has 0 spiro atoms. The number of hydrogen-bond acceptors (Lipinski definition) is 1. The molecule has 2 fully saturated rings. The molecule has 0 bridgehead atoms. The molecule has 3 atom stereocenters. The molecule has 0 radical (unpaired) electrons. The second-order valence-corrected chi connectivity index (χ2v) is 5.77. The summed E-state index contributed by atoms with van der Waals surface area (Å²) in [6.07, 6.45) is 13.7. The Bertz CT molecular complexity index is 281. The van der Waals surface area contributed by atoms with E-state index >= 15 is 0 Å². The van der Waals surface area contributed by atoms with E-state index < -0.39 is 0 Å². The van der Waals surface area contributed by atoms with Gasteiger partial charge in [0.2, 0.25) is 0 Å². The second-order valence-electron chi connectivity index (χ2n) is 5.77. The molecule has 3 aliphatic carbocycles. The van der Waals surface area contributed by atoms with Gasteiger partial charge in [-0.25, -0.2) is 0 Å². The summed E-state index contributed by atoms with van der Waals surface area (Å²) in [5, 5.41) is 10.7. The summed E-state index contributed by atoms with van der Waals surface area (Å²) >= 11 is 0. The van der Waals surface area contributed by atoms with Crippen LogP contribution in [0.2, 0.25) is 0 Å². The maximum Gasteiger partial charge on any atom is 0.0713 e. The SMILES string of the molecule is O[C@]12CCCC[C@@H]1C1=CCCC[C@@H]1CC2. The first-order valence-corrected chi connectivity index (χ1v) is 6.72. The first-order chi connectivity index (χ1) is 7.30. The van der Waals surface area contributed by atoms with Gasteiger partial charge in [-0.05, 0) is 50.9 Å². The van der Waals surface area contributed by atoms with Crippen molar-refractivity contribution in [2.75, 3.05) is 0 Å². The van der Waals surface area contributed by atoms with Crippen molar-refractivity contribution in [3.05, 3.63) is 11.6 Å². The molecule has 0 saturated heterocycles. The fourth-order valence-electron chi connectivity index (χ4n) is 4.13. The van der Waals surface area contributed by atoms with Gasteiger partial charge in [0.15, 0.2) is 0 Å². The lowest BCUT2D eigenvalue weighted by atomic mass is 9.60. The molecular formula is C14H22O. The van der Waals surface area contributed by atoms with E-state index in [1.165, 1.54) is 44.9 Å². The normalized spacial score (nSPS) is 45.3. The van der Waals surface area contributed by atoms with Gasteiger partial charge in [0.05, 0.1) is 5.60 Å². The van der Waals surface area contributed by atoms with E-state index in [4.69, 9.17) is 0 Å². The Balaban J connectivity index is 1.90. The Kier molecular flexibility index (Phi) is 2.39. The highest BCUT2D eigenvalue weighted by molar-refractivity contribution is 5.22. The van der Waals surface area contributed by atoms with Crippen LogP contribution in [0.15, 0.2) is 11.6 Å². The van der Waals surface area contributed by atoms with Gasteiger partial charge >= 0.3 is 0 Å². The maximum absolute atomic E-state index is 10.7. The van der Waals surface area contributed by atoms with Crippen molar-refractivity contribution in [3.63, 3.8) is 0 Å². The molecule has 3 aliphatic rings. The van der Waals surface area contributed by atoms with E-state index in [-0.39, 0.29) is 5.60 Å². The molecule has 1 nitrogen and oxygen atoms in total. The fourth-order valence-corrected chi connectivity index (χ4v) is 4.13. The molecule has 1 heteroatoms. The quantitative estimate of drug-likeness (QED) is 0.602. The molecule has 0 aromatic rings. The van der Waals surface area contributed by atoms with E-state index in [1.54, 1.807) is 5.57 Å². The van der Waals surface area contributed by atoms with Crippen LogP contribution in [-0.2, 0) is 0 Å². The molecule has 0 aromatic heterocycles. The Morgan fingerprint density at radius 2 is 2.00 bits per heavy atom. The minimum Gasteiger partial charge on any atom is -0.389 e. The van der Waals surface area contributed by atoms with Crippen LogP contribution in [0, 0.1) is 11.8 Å². The van der Waals surface area contributed by atoms with Crippen LogP contribution in [0.4, 0.5) is 0 Å². The molecule has 1 N–H and O–H groups in total. The number of aliphatic hydroxyl groups is 1. The number of fused-ring (bicyclic) bond motifs is 3. The molecule has 0 aromatic carbocycles. The summed E-state index contributed by atoms with van der Waals surface area (Å²) in [7, 11) is 0. The largest absolute Gasteiger partial charge is 0.389 e. The highest BCUT2D eigenvalue weighted by Gasteiger charge is 2.46. The van der Waals surface area contributed by atoms with E-state index in [9.17, 15) is 5.11 Å². The highest BCUT2D eigenvalue weighted by atomic mass is 16.3. The standard InChI is InChI=1S/C14H22O/c15-14-9-4-3-7-13(14)12-6-2-1-5-11(12)8-10-14/h6,11,13,15H,1-5,7-10H2/t11-,13-,14+/m1/s1. The minimum atomic E-state index is -0.308. The van der Waals surface area contributed by atoms with Crippen molar-refractivity contribution in [1.29, 1.82) is 0 Å². The zero-order chi connectivity index (χ0) is 10.3. The topological polar surface area (TPSA) is 20.2 Å². The second kappa shape index (κ2) is 3.62. The third kappa shape index (κ3) is 1.56. The number of rotatable bonds is 0. The van der Waals surface area contributed by atoms with E-state index in [0.29, 0.717) is 5.92 Å². The monoisotopic (exact) mass is 206 g/mol. The highest BCUT2D eigenvalue weighted by Crippen LogP contribution is 2.51. The molecule has 3 rings (SSSR count). The zero-order valence-corrected chi connectivity index (χ0v) is 9.54. The molecule has 84 valence electrons. The van der Waals surface area contributed by atoms with Crippen molar-refractivity contribution in [2.45, 2.75) is 63.4 Å². The van der Waals surface area contributed by atoms with Crippen LogP contribution in [0.25, 0.3) is 0 Å². The van der Waals surface area contributed by atoms with E-state index in [2.05, 4.69) is 6.08 Å². The van der Waals surface area contributed by atoms with Crippen molar-refractivity contribution >= 4 is 0 Å². The molecule has 0 amide bonds. The van der Waals surface area contributed by atoms with Crippen molar-refractivity contribution in [2.24, 2.45) is 11.8 Å². The number of allylic oxidation sites excluding steroid dienone is 1. The van der Waals surface area contributed by atoms with Crippen molar-refractivity contribution in [1.82, 2.24) is 0 Å². The van der Waals surface area contributed by atoms with Gasteiger partial charge in [0.1, 0.15) is 0 Å². The lowest BCUT2D eigenvalue weighted by Crippen LogP contribution is -2.46. The Hall–Kier alpha value is -0.300. The van der Waals surface area contributed by atoms with E-state index in [1.807, 2.05) is 0 Å². The summed E-state index contributed by atoms with van der Waals surface area (Å²) in [6.45, 7) is 0. The van der Waals surface area contributed by atoms with Crippen molar-refractivity contribution < 1.29 is 5.11 Å². The maximum atomic E-state index is 10.7. The summed E-state index contributed by atoms with van der Waals surface area (Å²) in [5.41, 5.74) is 1.34. The summed E-state index contributed by atoms with van der Waals surface area (Å²) < 4.78 is 0. The molecule has 0 unspecified atom stereocenters. The Labute approximate surface area is 92.6 Å². The van der Waals surface area contributed by atoms with Gasteiger partial charge in [-0.1, -0.05) is 24.5 Å². The average Bonchev–Trinajstić information content (AvgIpc) is 2.28. The number of hydrogen-bond donors (Lipinski definition) is 1. The lowest BCUT2D eigenvalue weighted by Gasteiger charge is -2.49. The first kappa shape index (κ1) is 9.89. The van der Waals surface area contributed by atoms with Crippen LogP contribution in [0.5, 0.6) is 0 Å². The average molecular weight is 206 g/mol. The van der Waals surface area contributed by atoms with Gasteiger partial charge < -0.3 is 5.11 Å². The van der Waals surface area contributed by atoms with Gasteiger partial charge in [0, 0.05) is 5.92 Å². The third-order valence-electron chi connectivity index (χ3n) is 4.94. The predicted octanol–water partition coefficient (Wildman–Crippen LogP) is 3.43. The smallest absolute Gasteiger partial charge is 0.0713 e. The van der Waals surface area contributed by atoms with Crippen LogP contribution >= 0.6 is 0 Å². The molecule has 15 heavy (non-hydrogen) atoms. The molecule has 0 heterocycles. The predicted molar refractivity (Wildman–Crippen MR) is 61.6 cm³/mol.